The van der Waals surface area contributed by atoms with Crippen molar-refractivity contribution < 1.29 is 19.4 Å². The molecule has 0 amide bonds. The van der Waals surface area contributed by atoms with Crippen molar-refractivity contribution in [3.05, 3.63) is 10.1 Å². The van der Waals surface area contributed by atoms with Gasteiger partial charge in [-0.2, -0.15) is 0 Å². The summed E-state index contributed by atoms with van der Waals surface area (Å²) < 4.78 is 2.51. The molecule has 2 aliphatic carbocycles. The maximum atomic E-state index is 11.9. The predicted octanol–water partition coefficient (Wildman–Crippen LogP) is 3.86. The average Bonchev–Trinajstić information content (AvgIpc) is 2.59. The molecule has 0 saturated heterocycles. The van der Waals surface area contributed by atoms with Crippen molar-refractivity contribution in [1.29, 1.82) is 0 Å². The number of aliphatic carboxylic acids is 1. The summed E-state index contributed by atoms with van der Waals surface area (Å²) in [5.74, 6) is -2.23. The fraction of sp³-hybridized carbons (Fsp3) is 0.636. The van der Waals surface area contributed by atoms with E-state index in [0.717, 1.165) is 7.11 Å². The molecule has 2 bridgehead atoms. The monoisotopic (exact) mass is 414 g/mol. The van der Waals surface area contributed by atoms with Gasteiger partial charge < -0.3 is 9.84 Å². The number of carbonyl (C=O) groups is 2. The van der Waals surface area contributed by atoms with Crippen LogP contribution in [0.15, 0.2) is 10.1 Å². The highest BCUT2D eigenvalue weighted by atomic mass is 35.5. The molecule has 0 heterocycles. The van der Waals surface area contributed by atoms with Crippen LogP contribution in [0.5, 0.6) is 0 Å². The largest absolute Gasteiger partial charge is 0.481 e. The SMILES string of the molecule is COC(=O)C[C@@]1(C(=O)O)C[C@]2(Cl)C(Cl)=C(Cl)[C@]1(Cl)C2(Cl)Cl. The first-order valence-electron chi connectivity index (χ1n) is 5.54. The van der Waals surface area contributed by atoms with Gasteiger partial charge >= 0.3 is 11.9 Å². The van der Waals surface area contributed by atoms with Gasteiger partial charge in [0, 0.05) is 0 Å². The van der Waals surface area contributed by atoms with Gasteiger partial charge in [-0.1, -0.05) is 46.4 Å². The Morgan fingerprint density at radius 1 is 1.19 bits per heavy atom. The zero-order valence-electron chi connectivity index (χ0n) is 10.4. The van der Waals surface area contributed by atoms with Gasteiger partial charge in [0.1, 0.15) is 15.2 Å². The third-order valence-electron chi connectivity index (χ3n) is 4.06. The summed E-state index contributed by atoms with van der Waals surface area (Å²) in [6.07, 6.45) is -0.962. The van der Waals surface area contributed by atoms with E-state index in [1.54, 1.807) is 0 Å². The molecule has 0 spiro atoms. The number of carbonyl (C=O) groups excluding carboxylic acids is 1. The number of ether oxygens (including phenoxy) is 1. The molecule has 4 nitrogen and oxygen atoms in total. The Labute approximate surface area is 150 Å². The van der Waals surface area contributed by atoms with Crippen LogP contribution in [0.1, 0.15) is 12.8 Å². The summed E-state index contributed by atoms with van der Waals surface area (Å²) in [5, 5.41) is 9.26. The Balaban J connectivity index is 2.73. The lowest BCUT2D eigenvalue weighted by molar-refractivity contribution is -0.158. The number of halogens is 6. The normalized spacial score (nSPS) is 40.5. The lowest BCUT2D eigenvalue weighted by Crippen LogP contribution is -2.53. The van der Waals surface area contributed by atoms with E-state index >= 15 is 0 Å². The molecule has 0 aromatic rings. The number of esters is 1. The van der Waals surface area contributed by atoms with Crippen LogP contribution in [0.4, 0.5) is 0 Å². The van der Waals surface area contributed by atoms with Crippen molar-refractivity contribution in [2.45, 2.75) is 26.9 Å². The minimum Gasteiger partial charge on any atom is -0.481 e. The van der Waals surface area contributed by atoms with Gasteiger partial charge in [0.25, 0.3) is 0 Å². The van der Waals surface area contributed by atoms with E-state index in [9.17, 15) is 14.7 Å². The minimum absolute atomic E-state index is 0.118. The van der Waals surface area contributed by atoms with Crippen LogP contribution in [0.2, 0.25) is 0 Å². The fourth-order valence-corrected chi connectivity index (χ4v) is 5.89. The van der Waals surface area contributed by atoms with Gasteiger partial charge in [0.2, 0.25) is 0 Å². The summed E-state index contributed by atoms with van der Waals surface area (Å²) in [6, 6.07) is 0. The van der Waals surface area contributed by atoms with E-state index in [4.69, 9.17) is 69.6 Å². The van der Waals surface area contributed by atoms with Crippen molar-refractivity contribution in [3.8, 4) is 0 Å². The Bertz CT molecular complexity index is 575. The third kappa shape index (κ3) is 1.78. The molecular weight excluding hydrogens is 409 g/mol. The predicted molar refractivity (Wildman–Crippen MR) is 81.7 cm³/mol. The molecule has 1 N–H and O–H groups in total. The van der Waals surface area contributed by atoms with E-state index in [-0.39, 0.29) is 16.5 Å². The second kappa shape index (κ2) is 4.96. The average molecular weight is 417 g/mol. The lowest BCUT2D eigenvalue weighted by Gasteiger charge is -2.40. The van der Waals surface area contributed by atoms with E-state index in [2.05, 4.69) is 4.74 Å². The van der Waals surface area contributed by atoms with Gasteiger partial charge in [-0.15, -0.1) is 23.2 Å². The number of hydrogen-bond acceptors (Lipinski definition) is 3. The molecule has 118 valence electrons. The molecule has 2 rings (SSSR count). The van der Waals surface area contributed by atoms with Crippen LogP contribution in [0.25, 0.3) is 0 Å². The van der Waals surface area contributed by atoms with Crippen molar-refractivity contribution in [3.63, 3.8) is 0 Å². The fourth-order valence-electron chi connectivity index (χ4n) is 2.91. The van der Waals surface area contributed by atoms with E-state index in [1.165, 1.54) is 0 Å². The maximum Gasteiger partial charge on any atom is 0.312 e. The maximum absolute atomic E-state index is 11.9. The first kappa shape index (κ1) is 17.8. The summed E-state index contributed by atoms with van der Waals surface area (Å²) in [4.78, 5) is 19.7. The molecule has 0 aliphatic heterocycles. The number of methoxy groups -OCH3 is 1. The highest BCUT2D eigenvalue weighted by Gasteiger charge is 2.86. The Kier molecular flexibility index (Phi) is 4.19. The summed E-state index contributed by atoms with van der Waals surface area (Å²) >= 11 is 37.3. The van der Waals surface area contributed by atoms with Gasteiger partial charge in [-0.25, -0.2) is 0 Å². The zero-order valence-corrected chi connectivity index (χ0v) is 14.9. The van der Waals surface area contributed by atoms with Gasteiger partial charge in [0.15, 0.2) is 4.33 Å². The molecule has 0 aromatic heterocycles. The standard InChI is InChI=1S/C11H8Cl6O4/c1-21-4(18)2-8(7(19)20)3-9(14)5(12)6(13)10(8,15)11(9,16)17/h2-3H2,1H3,(H,19,20)/t8-,9-,10+/m0/s1. The summed E-state index contributed by atoms with van der Waals surface area (Å²) in [5.41, 5.74) is -1.94. The zero-order chi connectivity index (χ0) is 16.4. The van der Waals surface area contributed by atoms with Crippen molar-refractivity contribution in [2.75, 3.05) is 7.11 Å². The number of alkyl halides is 4. The topological polar surface area (TPSA) is 63.6 Å². The van der Waals surface area contributed by atoms with Crippen LogP contribution < -0.4 is 0 Å². The van der Waals surface area contributed by atoms with Gasteiger partial charge in [-0.3, -0.25) is 9.59 Å². The van der Waals surface area contributed by atoms with Crippen LogP contribution in [0, 0.1) is 5.41 Å². The summed E-state index contributed by atoms with van der Waals surface area (Å²) in [7, 11) is 1.11. The molecule has 0 radical (unpaired) electrons. The number of allylic oxidation sites excluding steroid dienone is 2. The second-order valence-electron chi connectivity index (χ2n) is 4.98. The highest BCUT2D eigenvalue weighted by Crippen LogP contribution is 2.78. The van der Waals surface area contributed by atoms with E-state index in [0.29, 0.717) is 0 Å². The molecule has 3 atom stereocenters. The molecule has 10 heteroatoms. The summed E-state index contributed by atoms with van der Waals surface area (Å²) in [6.45, 7) is 0. The van der Waals surface area contributed by atoms with Gasteiger partial charge in [-0.05, 0) is 6.42 Å². The molecular formula is C11H8Cl6O4. The number of fused-ring (bicyclic) bond motifs is 2. The number of rotatable bonds is 3. The molecule has 0 unspecified atom stereocenters. The molecule has 1 fully saturated rings. The smallest absolute Gasteiger partial charge is 0.312 e. The van der Waals surface area contributed by atoms with Crippen molar-refractivity contribution >= 4 is 81.5 Å². The number of carboxylic acids is 1. The first-order chi connectivity index (χ1) is 9.42. The van der Waals surface area contributed by atoms with Crippen LogP contribution in [-0.2, 0) is 14.3 Å². The van der Waals surface area contributed by atoms with Crippen LogP contribution >= 0.6 is 69.6 Å². The molecule has 1 saturated carbocycles. The van der Waals surface area contributed by atoms with Crippen molar-refractivity contribution in [1.82, 2.24) is 0 Å². The van der Waals surface area contributed by atoms with E-state index in [1.807, 2.05) is 0 Å². The molecule has 0 aromatic carbocycles. The number of carboxylic acid groups (broad SMARTS) is 1. The number of hydrogen-bond donors (Lipinski definition) is 1. The second-order valence-corrected chi connectivity index (χ2v) is 8.27. The third-order valence-corrected chi connectivity index (χ3v) is 8.38. The first-order valence-corrected chi connectivity index (χ1v) is 7.81. The highest BCUT2D eigenvalue weighted by molar-refractivity contribution is 6.66. The molecule has 21 heavy (non-hydrogen) atoms. The van der Waals surface area contributed by atoms with Crippen LogP contribution in [-0.4, -0.2) is 38.2 Å². The Morgan fingerprint density at radius 3 is 2.05 bits per heavy atom. The Morgan fingerprint density at radius 2 is 1.71 bits per heavy atom. The minimum atomic E-state index is -2.05. The van der Waals surface area contributed by atoms with E-state index < -0.39 is 37.9 Å². The molecule has 2 aliphatic rings. The quantitative estimate of drug-likeness (QED) is 0.560. The van der Waals surface area contributed by atoms with Gasteiger partial charge in [0.05, 0.1) is 23.6 Å². The van der Waals surface area contributed by atoms with Crippen molar-refractivity contribution in [2.24, 2.45) is 5.41 Å². The lowest BCUT2D eigenvalue weighted by atomic mass is 9.72. The Hall–Kier alpha value is 0.420. The van der Waals surface area contributed by atoms with Crippen LogP contribution in [0.3, 0.4) is 0 Å².